The molecule has 0 N–H and O–H groups in total. The third-order valence-corrected chi connectivity index (χ3v) is 8.13. The first-order chi connectivity index (χ1) is 20.1. The quantitative estimate of drug-likeness (QED) is 0.199. The van der Waals surface area contributed by atoms with Gasteiger partial charge in [0.2, 0.25) is 0 Å². The van der Waals surface area contributed by atoms with Crippen LogP contribution in [-0.2, 0) is 25.0 Å². The SMILES string of the molecule is CCCOc1ccccc1C1(CCOCCC2(c3ccccc3OCCC)C=CC=CC2OC)C=CC=CC1OC. The molecule has 0 fully saturated rings. The van der Waals surface area contributed by atoms with Crippen LogP contribution in [0.25, 0.3) is 0 Å². The van der Waals surface area contributed by atoms with Gasteiger partial charge in [0.15, 0.2) is 0 Å². The van der Waals surface area contributed by atoms with Crippen molar-refractivity contribution < 1.29 is 23.7 Å². The monoisotopic (exact) mass is 558 g/mol. The number of ether oxygens (including phenoxy) is 5. The number of hydrogen-bond acceptors (Lipinski definition) is 5. The molecule has 5 nitrogen and oxygen atoms in total. The number of rotatable bonds is 16. The van der Waals surface area contributed by atoms with Crippen LogP contribution in [0.15, 0.2) is 97.1 Å². The van der Waals surface area contributed by atoms with E-state index in [1.54, 1.807) is 14.2 Å². The first kappa shape index (κ1) is 30.8. The van der Waals surface area contributed by atoms with E-state index in [-0.39, 0.29) is 12.2 Å². The minimum Gasteiger partial charge on any atom is -0.493 e. The van der Waals surface area contributed by atoms with E-state index in [0.717, 1.165) is 48.3 Å². The lowest BCUT2D eigenvalue weighted by Crippen LogP contribution is -2.42. The fourth-order valence-electron chi connectivity index (χ4n) is 6.06. The highest BCUT2D eigenvalue weighted by Crippen LogP contribution is 2.44. The first-order valence-electron chi connectivity index (χ1n) is 14.9. The Kier molecular flexibility index (Phi) is 11.4. The molecule has 0 saturated heterocycles. The zero-order chi connectivity index (χ0) is 29.0. The maximum atomic E-state index is 6.45. The Morgan fingerprint density at radius 1 is 0.585 bits per heavy atom. The summed E-state index contributed by atoms with van der Waals surface area (Å²) >= 11 is 0. The molecule has 2 aliphatic rings. The van der Waals surface area contributed by atoms with E-state index in [2.05, 4.69) is 98.9 Å². The molecule has 4 unspecified atom stereocenters. The molecule has 0 spiro atoms. The first-order valence-corrected chi connectivity index (χ1v) is 14.9. The molecular formula is C36H46O5. The summed E-state index contributed by atoms with van der Waals surface area (Å²) in [6.45, 7) is 6.74. The van der Waals surface area contributed by atoms with E-state index in [9.17, 15) is 0 Å². The maximum absolute atomic E-state index is 6.45. The van der Waals surface area contributed by atoms with Crippen LogP contribution in [-0.4, -0.2) is 52.9 Å². The summed E-state index contributed by atoms with van der Waals surface area (Å²) in [6.07, 6.45) is 20.2. The molecule has 220 valence electrons. The Morgan fingerprint density at radius 3 is 1.44 bits per heavy atom. The average molecular weight is 559 g/mol. The van der Waals surface area contributed by atoms with E-state index in [1.165, 1.54) is 0 Å². The molecule has 0 aromatic heterocycles. The highest BCUT2D eigenvalue weighted by molar-refractivity contribution is 5.48. The number of benzene rings is 2. The van der Waals surface area contributed by atoms with Crippen LogP contribution in [0.3, 0.4) is 0 Å². The molecule has 0 bridgehead atoms. The summed E-state index contributed by atoms with van der Waals surface area (Å²) < 4.78 is 30.9. The minimum absolute atomic E-state index is 0.124. The molecule has 0 saturated carbocycles. The third-order valence-electron chi connectivity index (χ3n) is 8.13. The van der Waals surface area contributed by atoms with E-state index in [4.69, 9.17) is 23.7 Å². The van der Waals surface area contributed by atoms with Crippen LogP contribution < -0.4 is 9.47 Å². The molecule has 0 heterocycles. The van der Waals surface area contributed by atoms with Gasteiger partial charge < -0.3 is 23.7 Å². The zero-order valence-corrected chi connectivity index (χ0v) is 25.1. The normalized spacial score (nSPS) is 25.0. The van der Waals surface area contributed by atoms with Gasteiger partial charge in [0, 0.05) is 49.4 Å². The van der Waals surface area contributed by atoms with Gasteiger partial charge in [-0.05, 0) is 37.8 Å². The topological polar surface area (TPSA) is 46.2 Å². The van der Waals surface area contributed by atoms with E-state index >= 15 is 0 Å². The van der Waals surface area contributed by atoms with Gasteiger partial charge in [0.05, 0.1) is 25.4 Å². The Balaban J connectivity index is 1.54. The molecule has 2 aliphatic carbocycles. The van der Waals surface area contributed by atoms with Crippen LogP contribution in [0.1, 0.15) is 50.7 Å². The summed E-state index contributed by atoms with van der Waals surface area (Å²) in [7, 11) is 3.55. The average Bonchev–Trinajstić information content (AvgIpc) is 3.03. The molecule has 0 radical (unpaired) electrons. The zero-order valence-electron chi connectivity index (χ0n) is 25.1. The summed E-state index contributed by atoms with van der Waals surface area (Å²) in [5, 5.41) is 0. The van der Waals surface area contributed by atoms with Crippen LogP contribution in [0.2, 0.25) is 0 Å². The van der Waals surface area contributed by atoms with Crippen LogP contribution in [0, 0.1) is 0 Å². The number of para-hydroxylation sites is 2. The van der Waals surface area contributed by atoms with Crippen molar-refractivity contribution in [2.75, 3.05) is 40.6 Å². The smallest absolute Gasteiger partial charge is 0.123 e. The van der Waals surface area contributed by atoms with Crippen LogP contribution >= 0.6 is 0 Å². The Bertz CT molecular complexity index is 1120. The van der Waals surface area contributed by atoms with Gasteiger partial charge >= 0.3 is 0 Å². The van der Waals surface area contributed by atoms with Crippen molar-refractivity contribution in [2.24, 2.45) is 0 Å². The molecule has 2 aromatic rings. The molecule has 4 rings (SSSR count). The lowest BCUT2D eigenvalue weighted by Gasteiger charge is -2.40. The highest BCUT2D eigenvalue weighted by Gasteiger charge is 2.42. The van der Waals surface area contributed by atoms with Gasteiger partial charge in [-0.15, -0.1) is 0 Å². The van der Waals surface area contributed by atoms with E-state index in [1.807, 2.05) is 12.1 Å². The predicted molar refractivity (Wildman–Crippen MR) is 166 cm³/mol. The Morgan fingerprint density at radius 2 is 1.02 bits per heavy atom. The van der Waals surface area contributed by atoms with E-state index < -0.39 is 10.8 Å². The van der Waals surface area contributed by atoms with Crippen molar-refractivity contribution >= 4 is 0 Å². The van der Waals surface area contributed by atoms with Crippen molar-refractivity contribution in [1.29, 1.82) is 0 Å². The number of hydrogen-bond donors (Lipinski definition) is 0. The fourth-order valence-corrected chi connectivity index (χ4v) is 6.06. The van der Waals surface area contributed by atoms with Gasteiger partial charge in [0.1, 0.15) is 11.5 Å². The highest BCUT2D eigenvalue weighted by atomic mass is 16.5. The van der Waals surface area contributed by atoms with Crippen LogP contribution in [0.4, 0.5) is 0 Å². The predicted octanol–water partition coefficient (Wildman–Crippen LogP) is 7.52. The summed E-state index contributed by atoms with van der Waals surface area (Å²) in [6, 6.07) is 16.6. The maximum Gasteiger partial charge on any atom is 0.123 e. The van der Waals surface area contributed by atoms with Gasteiger partial charge in [0.25, 0.3) is 0 Å². The fraction of sp³-hybridized carbons (Fsp3) is 0.444. The molecular weight excluding hydrogens is 512 g/mol. The van der Waals surface area contributed by atoms with Crippen molar-refractivity contribution in [3.8, 4) is 11.5 Å². The molecule has 4 atom stereocenters. The van der Waals surface area contributed by atoms with Gasteiger partial charge in [-0.3, -0.25) is 0 Å². The Hall–Kier alpha value is -3.12. The second-order valence-electron chi connectivity index (χ2n) is 10.7. The summed E-state index contributed by atoms with van der Waals surface area (Å²) in [4.78, 5) is 0. The number of methoxy groups -OCH3 is 2. The van der Waals surface area contributed by atoms with Gasteiger partial charge in [-0.25, -0.2) is 0 Å². The summed E-state index contributed by atoms with van der Waals surface area (Å²) in [5.41, 5.74) is 1.47. The van der Waals surface area contributed by atoms with Crippen molar-refractivity contribution in [1.82, 2.24) is 0 Å². The largest absolute Gasteiger partial charge is 0.493 e. The lowest BCUT2D eigenvalue weighted by molar-refractivity contribution is 0.0368. The molecule has 2 aromatic carbocycles. The molecule has 0 aliphatic heterocycles. The lowest BCUT2D eigenvalue weighted by atomic mass is 9.70. The number of allylic oxidation sites excluding steroid dienone is 4. The third kappa shape index (κ3) is 6.86. The second-order valence-corrected chi connectivity index (χ2v) is 10.7. The van der Waals surface area contributed by atoms with Crippen molar-refractivity contribution in [3.63, 3.8) is 0 Å². The molecule has 41 heavy (non-hydrogen) atoms. The standard InChI is InChI=1S/C36H46O5/c1-5-25-40-31-17-9-7-15-29(31)35(21-13-11-19-33(35)37-3)23-27-39-28-24-36(22-14-12-20-34(36)38-4)30-16-8-10-18-32(30)41-26-6-2/h7-22,33-34H,5-6,23-28H2,1-4H3. The second kappa shape index (κ2) is 15.2. The molecule has 5 heteroatoms. The van der Waals surface area contributed by atoms with Crippen molar-refractivity contribution in [2.45, 2.75) is 62.6 Å². The van der Waals surface area contributed by atoms with E-state index in [0.29, 0.717) is 26.4 Å². The minimum atomic E-state index is -0.394. The van der Waals surface area contributed by atoms with Gasteiger partial charge in [-0.1, -0.05) is 98.9 Å². The Labute approximate surface area is 246 Å². The van der Waals surface area contributed by atoms with Crippen molar-refractivity contribution in [3.05, 3.63) is 108 Å². The summed E-state index contributed by atoms with van der Waals surface area (Å²) in [5.74, 6) is 1.81. The van der Waals surface area contributed by atoms with Crippen LogP contribution in [0.5, 0.6) is 11.5 Å². The van der Waals surface area contributed by atoms with Gasteiger partial charge in [-0.2, -0.15) is 0 Å². The molecule has 0 amide bonds.